The second kappa shape index (κ2) is 35.9. The zero-order valence-electron chi connectivity index (χ0n) is 45.7. The number of hydrogen-bond acceptors (Lipinski definition) is 10. The van der Waals surface area contributed by atoms with Gasteiger partial charge in [0.15, 0.2) is 0 Å². The van der Waals surface area contributed by atoms with Crippen molar-refractivity contribution in [2.75, 3.05) is 0 Å². The standard InChI is InChI=1S/2C8H11N.C8H12O.C8H12S.2C7H10N2.2C6H10N2/c1-7(2)8-3-5-9-6-4-8;1-7(2)8-4-3-5-9-6-8;2*1-6(2)8-5-4-7(3)9-8;1-6(2)7-3-8-5-9-4-7;1-6(2)7-8-4-3-5-9-7;2*1-5(2)6-3-4-7-8-6/h2*3-7H,1-2H3;2*4-6H,1-3H3;2*3-6H,1-2H3;2*3-5H,1-2H3,(H,7,8). The van der Waals surface area contributed by atoms with E-state index in [0.29, 0.717) is 47.3 Å². The molecule has 0 aliphatic rings. The van der Waals surface area contributed by atoms with Crippen LogP contribution in [0.15, 0.2) is 139 Å². The summed E-state index contributed by atoms with van der Waals surface area (Å²) in [5.74, 6) is 7.52. The quantitative estimate of drug-likeness (QED) is 0.152. The summed E-state index contributed by atoms with van der Waals surface area (Å²) in [7, 11) is 0. The molecule has 70 heavy (non-hydrogen) atoms. The predicted molar refractivity (Wildman–Crippen MR) is 295 cm³/mol. The van der Waals surface area contributed by atoms with Crippen LogP contribution in [-0.4, -0.2) is 50.3 Å². The molecule has 0 amide bonds. The third-order valence-corrected chi connectivity index (χ3v) is 11.3. The van der Waals surface area contributed by atoms with Crippen molar-refractivity contribution in [1.29, 1.82) is 0 Å². The fraction of sp³-hybridized carbons (Fsp3) is 0.448. The van der Waals surface area contributed by atoms with Crippen LogP contribution in [0.3, 0.4) is 0 Å². The molecule has 11 nitrogen and oxygen atoms in total. The van der Waals surface area contributed by atoms with Gasteiger partial charge in [0.2, 0.25) is 0 Å². The van der Waals surface area contributed by atoms with E-state index in [1.165, 1.54) is 37.8 Å². The molecule has 0 aromatic carbocycles. The highest BCUT2D eigenvalue weighted by Crippen LogP contribution is 2.23. The van der Waals surface area contributed by atoms with Gasteiger partial charge in [-0.3, -0.25) is 20.2 Å². The summed E-state index contributed by atoms with van der Waals surface area (Å²) in [5.41, 5.74) is 6.25. The number of furan rings is 1. The largest absolute Gasteiger partial charge is 0.466 e. The smallest absolute Gasteiger partial charge is 0.130 e. The van der Waals surface area contributed by atoms with Gasteiger partial charge in [-0.25, -0.2) is 19.9 Å². The first kappa shape index (κ1) is 61.9. The van der Waals surface area contributed by atoms with E-state index in [9.17, 15) is 0 Å². The lowest BCUT2D eigenvalue weighted by Gasteiger charge is -2.01. The second-order valence-corrected chi connectivity index (χ2v) is 20.3. The van der Waals surface area contributed by atoms with Crippen molar-refractivity contribution in [2.24, 2.45) is 0 Å². The summed E-state index contributed by atoms with van der Waals surface area (Å²) in [5, 5.41) is 13.4. The zero-order chi connectivity index (χ0) is 52.4. The summed E-state index contributed by atoms with van der Waals surface area (Å²) in [6, 6.07) is 22.4. The molecule has 380 valence electrons. The van der Waals surface area contributed by atoms with Gasteiger partial charge in [0.05, 0.1) is 0 Å². The maximum absolute atomic E-state index is 5.34. The Morgan fingerprint density at radius 2 is 0.943 bits per heavy atom. The van der Waals surface area contributed by atoms with Crippen LogP contribution in [0.5, 0.6) is 0 Å². The van der Waals surface area contributed by atoms with E-state index in [2.05, 4.69) is 186 Å². The van der Waals surface area contributed by atoms with Crippen LogP contribution in [0.1, 0.15) is 213 Å². The van der Waals surface area contributed by atoms with Gasteiger partial charge in [0, 0.05) is 94.9 Å². The third-order valence-electron chi connectivity index (χ3n) is 10.0. The van der Waals surface area contributed by atoms with Crippen molar-refractivity contribution in [2.45, 2.75) is 172 Å². The Balaban J connectivity index is 0.000000400. The SMILES string of the molecule is CC(C)c1cccnc1.CC(C)c1ccn[nH]1.CC(C)c1ccn[nH]1.CC(C)c1ccncc1.CC(C)c1cncnc1.CC(C)c1ncccn1.Cc1ccc(C(C)C)o1.Cc1ccc(C(C)C)s1. The molecule has 0 unspecified atom stereocenters. The molecular formula is C58H86N10OS. The minimum atomic E-state index is 0.436. The van der Waals surface area contributed by atoms with Crippen molar-refractivity contribution in [3.8, 4) is 0 Å². The maximum Gasteiger partial charge on any atom is 0.130 e. The summed E-state index contributed by atoms with van der Waals surface area (Å²) >= 11 is 1.90. The van der Waals surface area contributed by atoms with E-state index in [0.717, 1.165) is 17.3 Å². The van der Waals surface area contributed by atoms with Crippen LogP contribution in [-0.2, 0) is 0 Å². The lowest BCUT2D eigenvalue weighted by Crippen LogP contribution is -1.93. The molecule has 0 radical (unpaired) electrons. The Morgan fingerprint density at radius 1 is 0.414 bits per heavy atom. The first-order valence-electron chi connectivity index (χ1n) is 24.7. The lowest BCUT2D eigenvalue weighted by atomic mass is 10.1. The summed E-state index contributed by atoms with van der Waals surface area (Å²) < 4.78 is 5.34. The third kappa shape index (κ3) is 28.4. The van der Waals surface area contributed by atoms with Crippen LogP contribution in [0.2, 0.25) is 0 Å². The van der Waals surface area contributed by atoms with Crippen LogP contribution in [0.4, 0.5) is 0 Å². The molecule has 0 aliphatic heterocycles. The van der Waals surface area contributed by atoms with Crippen LogP contribution < -0.4 is 0 Å². The first-order chi connectivity index (χ1) is 33.2. The number of rotatable bonds is 8. The highest BCUT2D eigenvalue weighted by Gasteiger charge is 2.03. The number of aromatic amines is 2. The van der Waals surface area contributed by atoms with E-state index >= 15 is 0 Å². The molecule has 8 aromatic rings. The molecule has 0 saturated heterocycles. The van der Waals surface area contributed by atoms with Gasteiger partial charge in [-0.2, -0.15) is 10.2 Å². The van der Waals surface area contributed by atoms with E-state index in [1.54, 1.807) is 37.3 Å². The average molecular weight is 971 g/mol. The Labute approximate surface area is 426 Å². The molecule has 0 atom stereocenters. The number of hydrogen-bond donors (Lipinski definition) is 2. The normalized spacial score (nSPS) is 10.3. The van der Waals surface area contributed by atoms with Crippen molar-refractivity contribution in [1.82, 2.24) is 50.3 Å². The van der Waals surface area contributed by atoms with Gasteiger partial charge in [-0.05, 0) is 127 Å². The minimum absolute atomic E-state index is 0.436. The number of aryl methyl sites for hydroxylation is 2. The number of nitrogens with one attached hydrogen (secondary N) is 2. The zero-order valence-corrected chi connectivity index (χ0v) is 46.5. The van der Waals surface area contributed by atoms with Crippen molar-refractivity contribution < 1.29 is 4.42 Å². The first-order valence-corrected chi connectivity index (χ1v) is 25.5. The molecule has 12 heteroatoms. The molecule has 0 bridgehead atoms. The molecule has 0 aliphatic carbocycles. The molecular weight excluding hydrogens is 885 g/mol. The van der Waals surface area contributed by atoms with Crippen molar-refractivity contribution >= 4 is 11.3 Å². The van der Waals surface area contributed by atoms with Crippen LogP contribution >= 0.6 is 11.3 Å². The van der Waals surface area contributed by atoms with Gasteiger partial charge in [-0.15, -0.1) is 11.3 Å². The Morgan fingerprint density at radius 3 is 1.20 bits per heavy atom. The number of pyridine rings is 2. The molecule has 8 heterocycles. The topological polar surface area (TPSA) is 148 Å². The van der Waals surface area contributed by atoms with Gasteiger partial charge in [0.1, 0.15) is 23.7 Å². The number of thiophene rings is 1. The number of H-pyrrole nitrogens is 2. The van der Waals surface area contributed by atoms with Gasteiger partial charge >= 0.3 is 0 Å². The van der Waals surface area contributed by atoms with Crippen LogP contribution in [0.25, 0.3) is 0 Å². The molecule has 8 aromatic heterocycles. The van der Waals surface area contributed by atoms with Crippen LogP contribution in [0, 0.1) is 13.8 Å². The fourth-order valence-electron chi connectivity index (χ4n) is 5.39. The second-order valence-electron chi connectivity index (χ2n) is 19.0. The summed E-state index contributed by atoms with van der Waals surface area (Å²) in [6.07, 6.45) is 19.7. The highest BCUT2D eigenvalue weighted by molar-refractivity contribution is 7.12. The molecule has 0 fully saturated rings. The predicted octanol–water partition coefficient (Wildman–Crippen LogP) is 16.6. The maximum atomic E-state index is 5.34. The number of aromatic nitrogens is 10. The number of nitrogens with zero attached hydrogens (tertiary/aromatic N) is 8. The molecule has 0 saturated carbocycles. The minimum Gasteiger partial charge on any atom is -0.466 e. The van der Waals surface area contributed by atoms with Gasteiger partial charge in [-0.1, -0.05) is 117 Å². The Hall–Kier alpha value is -6.14. The summed E-state index contributed by atoms with van der Waals surface area (Å²) in [6.45, 7) is 38.4. The molecule has 0 spiro atoms. The Kier molecular flexibility index (Phi) is 31.7. The van der Waals surface area contributed by atoms with Crippen molar-refractivity contribution in [3.63, 3.8) is 0 Å². The van der Waals surface area contributed by atoms with Gasteiger partial charge in [0.25, 0.3) is 0 Å². The Bertz CT molecular complexity index is 2100. The van der Waals surface area contributed by atoms with E-state index in [4.69, 9.17) is 4.42 Å². The average Bonchev–Trinajstić information content (AvgIpc) is 4.22. The van der Waals surface area contributed by atoms with Crippen molar-refractivity contribution in [3.05, 3.63) is 190 Å². The summed E-state index contributed by atoms with van der Waals surface area (Å²) in [4.78, 5) is 26.8. The van der Waals surface area contributed by atoms with Gasteiger partial charge < -0.3 is 4.42 Å². The lowest BCUT2D eigenvalue weighted by molar-refractivity contribution is 0.463. The molecule has 2 N–H and O–H groups in total. The molecule has 8 rings (SSSR count). The fourth-order valence-corrected chi connectivity index (χ4v) is 6.27. The monoisotopic (exact) mass is 971 g/mol. The van der Waals surface area contributed by atoms with E-state index in [-0.39, 0.29) is 0 Å². The highest BCUT2D eigenvalue weighted by atomic mass is 32.1. The van der Waals surface area contributed by atoms with E-state index in [1.807, 2.05) is 97.8 Å². The van der Waals surface area contributed by atoms with E-state index < -0.39 is 0 Å².